The maximum atomic E-state index is 12.2. The molecular formula is C20H28N4O8S. The van der Waals surface area contributed by atoms with Crippen LogP contribution in [0.4, 0.5) is 0 Å². The molecule has 0 radical (unpaired) electrons. The Kier molecular flexibility index (Phi) is 11.7. The molecule has 0 heterocycles. The molecular weight excluding hydrogens is 456 g/mol. The number of hydrogen-bond donors (Lipinski definition) is 7. The lowest BCUT2D eigenvalue weighted by Gasteiger charge is -2.18. The monoisotopic (exact) mass is 484 g/mol. The van der Waals surface area contributed by atoms with Gasteiger partial charge in [0, 0.05) is 18.6 Å². The molecule has 3 amide bonds. The first-order chi connectivity index (χ1) is 15.6. The summed E-state index contributed by atoms with van der Waals surface area (Å²) in [4.78, 5) is 58.4. The fraction of sp³-hybridized carbons (Fsp3) is 0.450. The Morgan fingerprint density at radius 1 is 1.00 bits per heavy atom. The van der Waals surface area contributed by atoms with E-state index in [9.17, 15) is 29.1 Å². The SMILES string of the molecule is COc1ccc(C[C@H](NC(=O)CNC(=O)[C@H](CS)NC(=O)CC[C@H](N)C(=O)O)C(=O)O)cc1. The highest BCUT2D eigenvalue weighted by atomic mass is 32.1. The Bertz CT molecular complexity index is 849. The van der Waals surface area contributed by atoms with Gasteiger partial charge in [0.05, 0.1) is 13.7 Å². The van der Waals surface area contributed by atoms with Crippen molar-refractivity contribution in [2.24, 2.45) is 5.73 Å². The fourth-order valence-corrected chi connectivity index (χ4v) is 2.86. The first kappa shape index (κ1) is 27.7. The highest BCUT2D eigenvalue weighted by Crippen LogP contribution is 2.12. The van der Waals surface area contributed by atoms with Crippen molar-refractivity contribution in [1.82, 2.24) is 16.0 Å². The molecule has 1 aromatic rings. The zero-order valence-electron chi connectivity index (χ0n) is 17.9. The van der Waals surface area contributed by atoms with E-state index in [-0.39, 0.29) is 25.0 Å². The minimum absolute atomic E-state index is 0.0207. The van der Waals surface area contributed by atoms with Crippen LogP contribution in [0.15, 0.2) is 24.3 Å². The van der Waals surface area contributed by atoms with Gasteiger partial charge in [-0.1, -0.05) is 12.1 Å². The maximum absolute atomic E-state index is 12.2. The summed E-state index contributed by atoms with van der Waals surface area (Å²) >= 11 is 3.99. The molecule has 0 bridgehead atoms. The summed E-state index contributed by atoms with van der Waals surface area (Å²) in [6.07, 6.45) is -0.306. The molecule has 0 saturated carbocycles. The van der Waals surface area contributed by atoms with Crippen LogP contribution < -0.4 is 26.4 Å². The van der Waals surface area contributed by atoms with Gasteiger partial charge in [0.25, 0.3) is 0 Å². The largest absolute Gasteiger partial charge is 0.497 e. The van der Waals surface area contributed by atoms with Crippen molar-refractivity contribution >= 4 is 42.3 Å². The van der Waals surface area contributed by atoms with Crippen LogP contribution in [0, 0.1) is 0 Å². The number of amides is 3. The van der Waals surface area contributed by atoms with Crippen LogP contribution in [-0.2, 0) is 30.4 Å². The number of carboxylic acid groups (broad SMARTS) is 2. The molecule has 0 fully saturated rings. The van der Waals surface area contributed by atoms with Crippen LogP contribution in [-0.4, -0.2) is 77.4 Å². The summed E-state index contributed by atoms with van der Waals surface area (Å²) in [6.45, 7) is -0.519. The van der Waals surface area contributed by atoms with E-state index in [0.717, 1.165) is 0 Å². The second-order valence-electron chi connectivity index (χ2n) is 7.01. The van der Waals surface area contributed by atoms with E-state index >= 15 is 0 Å². The van der Waals surface area contributed by atoms with E-state index in [0.29, 0.717) is 11.3 Å². The molecule has 182 valence electrons. The highest BCUT2D eigenvalue weighted by Gasteiger charge is 2.23. The summed E-state index contributed by atoms with van der Waals surface area (Å²) in [5.74, 6) is -4.02. The molecule has 0 aromatic heterocycles. The molecule has 13 heteroatoms. The van der Waals surface area contributed by atoms with E-state index < -0.39 is 54.3 Å². The van der Waals surface area contributed by atoms with Crippen LogP contribution in [0.1, 0.15) is 18.4 Å². The molecule has 33 heavy (non-hydrogen) atoms. The van der Waals surface area contributed by atoms with Gasteiger partial charge in [-0.3, -0.25) is 19.2 Å². The van der Waals surface area contributed by atoms with E-state index in [1.54, 1.807) is 24.3 Å². The number of rotatable bonds is 14. The summed E-state index contributed by atoms with van der Waals surface area (Å²) in [5.41, 5.74) is 5.99. The molecule has 0 unspecified atom stereocenters. The third kappa shape index (κ3) is 10.2. The number of ether oxygens (including phenoxy) is 1. The van der Waals surface area contributed by atoms with Crippen LogP contribution in [0.5, 0.6) is 5.75 Å². The number of hydrogen-bond acceptors (Lipinski definition) is 8. The lowest BCUT2D eigenvalue weighted by Crippen LogP contribution is -2.51. The summed E-state index contributed by atoms with van der Waals surface area (Å²) in [6, 6.07) is 3.17. The number of methoxy groups -OCH3 is 1. The minimum Gasteiger partial charge on any atom is -0.497 e. The third-order valence-corrected chi connectivity index (χ3v) is 4.85. The summed E-state index contributed by atoms with van der Waals surface area (Å²) < 4.78 is 5.04. The molecule has 3 atom stereocenters. The van der Waals surface area contributed by atoms with E-state index in [4.69, 9.17) is 15.6 Å². The van der Waals surface area contributed by atoms with Crippen molar-refractivity contribution in [1.29, 1.82) is 0 Å². The molecule has 0 aliphatic carbocycles. The predicted molar refractivity (Wildman–Crippen MR) is 120 cm³/mol. The number of carboxylic acids is 2. The Morgan fingerprint density at radius 3 is 2.12 bits per heavy atom. The minimum atomic E-state index is -1.25. The Balaban J connectivity index is 2.54. The van der Waals surface area contributed by atoms with Crippen molar-refractivity contribution in [3.05, 3.63) is 29.8 Å². The molecule has 0 aliphatic heterocycles. The third-order valence-electron chi connectivity index (χ3n) is 4.49. The smallest absolute Gasteiger partial charge is 0.326 e. The van der Waals surface area contributed by atoms with Gasteiger partial charge in [-0.25, -0.2) is 4.79 Å². The van der Waals surface area contributed by atoms with Crippen LogP contribution >= 0.6 is 12.6 Å². The van der Waals surface area contributed by atoms with Crippen molar-refractivity contribution < 1.29 is 38.9 Å². The Morgan fingerprint density at radius 2 is 1.61 bits per heavy atom. The topological polar surface area (TPSA) is 197 Å². The number of benzene rings is 1. The quantitative estimate of drug-likeness (QED) is 0.154. The number of aliphatic carboxylic acids is 2. The lowest BCUT2D eigenvalue weighted by atomic mass is 10.1. The zero-order chi connectivity index (χ0) is 25.0. The van der Waals surface area contributed by atoms with Crippen LogP contribution in [0.3, 0.4) is 0 Å². The fourth-order valence-electron chi connectivity index (χ4n) is 2.60. The van der Waals surface area contributed by atoms with Crippen LogP contribution in [0.2, 0.25) is 0 Å². The standard InChI is InChI=1S/C20H28N4O8S/c1-32-12-4-2-11(3-5-12)8-14(20(30)31)23-17(26)9-22-18(27)15(10-33)24-16(25)7-6-13(21)19(28)29/h2-5,13-15,33H,6-10,21H2,1H3,(H,22,27)(H,23,26)(H,24,25)(H,28,29)(H,30,31)/t13-,14-,15-/m0/s1. The van der Waals surface area contributed by atoms with Gasteiger partial charge in [0.2, 0.25) is 17.7 Å². The highest BCUT2D eigenvalue weighted by molar-refractivity contribution is 7.80. The van der Waals surface area contributed by atoms with Crippen molar-refractivity contribution in [3.8, 4) is 5.75 Å². The van der Waals surface area contributed by atoms with Gasteiger partial charge in [0.1, 0.15) is 23.9 Å². The molecule has 1 aromatic carbocycles. The van der Waals surface area contributed by atoms with Crippen molar-refractivity contribution in [3.63, 3.8) is 0 Å². The van der Waals surface area contributed by atoms with Gasteiger partial charge in [-0.15, -0.1) is 0 Å². The average molecular weight is 485 g/mol. The molecule has 0 saturated heterocycles. The summed E-state index contributed by atoms with van der Waals surface area (Å²) in [7, 11) is 1.50. The van der Waals surface area contributed by atoms with Gasteiger partial charge < -0.3 is 36.6 Å². The molecule has 0 spiro atoms. The molecule has 7 N–H and O–H groups in total. The van der Waals surface area contributed by atoms with E-state index in [2.05, 4.69) is 28.6 Å². The number of nitrogens with two attached hydrogens (primary N) is 1. The second kappa shape index (κ2) is 14.0. The predicted octanol–water partition coefficient (Wildman–Crippen LogP) is -1.47. The maximum Gasteiger partial charge on any atom is 0.326 e. The Hall–Kier alpha value is -3.32. The summed E-state index contributed by atoms with van der Waals surface area (Å²) in [5, 5.41) is 25.1. The van der Waals surface area contributed by atoms with Crippen LogP contribution in [0.25, 0.3) is 0 Å². The second-order valence-corrected chi connectivity index (χ2v) is 7.38. The van der Waals surface area contributed by atoms with Gasteiger partial charge >= 0.3 is 11.9 Å². The number of thiol groups is 1. The Labute approximate surface area is 195 Å². The average Bonchev–Trinajstić information content (AvgIpc) is 2.79. The first-order valence-corrected chi connectivity index (χ1v) is 10.5. The first-order valence-electron chi connectivity index (χ1n) is 9.88. The molecule has 0 aliphatic rings. The van der Waals surface area contributed by atoms with Gasteiger partial charge in [-0.2, -0.15) is 12.6 Å². The normalized spacial score (nSPS) is 13.2. The number of carbonyl (C=O) groups is 5. The molecule has 1 rings (SSSR count). The van der Waals surface area contributed by atoms with Crippen molar-refractivity contribution in [2.45, 2.75) is 37.4 Å². The van der Waals surface area contributed by atoms with Crippen molar-refractivity contribution in [2.75, 3.05) is 19.4 Å². The number of nitrogens with one attached hydrogen (secondary N) is 3. The van der Waals surface area contributed by atoms with E-state index in [1.165, 1.54) is 7.11 Å². The van der Waals surface area contributed by atoms with Gasteiger partial charge in [-0.05, 0) is 24.1 Å². The zero-order valence-corrected chi connectivity index (χ0v) is 18.8. The van der Waals surface area contributed by atoms with E-state index in [1.807, 2.05) is 0 Å². The lowest BCUT2D eigenvalue weighted by molar-refractivity contribution is -0.142. The number of carbonyl (C=O) groups excluding carboxylic acids is 3. The van der Waals surface area contributed by atoms with Gasteiger partial charge in [0.15, 0.2) is 0 Å². The molecule has 12 nitrogen and oxygen atoms in total.